The van der Waals surface area contributed by atoms with Crippen LogP contribution in [0.1, 0.15) is 36.6 Å². The van der Waals surface area contributed by atoms with Gasteiger partial charge in [0.15, 0.2) is 9.84 Å². The molecular formula is C14H21NO2S. The molecule has 0 amide bonds. The van der Waals surface area contributed by atoms with E-state index in [1.54, 1.807) is 0 Å². The molecule has 1 aliphatic rings. The Labute approximate surface area is 110 Å². The molecule has 3 nitrogen and oxygen atoms in total. The van der Waals surface area contributed by atoms with E-state index < -0.39 is 9.84 Å². The lowest BCUT2D eigenvalue weighted by molar-refractivity contribution is 0.402. The van der Waals surface area contributed by atoms with Gasteiger partial charge < -0.3 is 5.32 Å². The first-order valence-electron chi connectivity index (χ1n) is 6.44. The third-order valence-electron chi connectivity index (χ3n) is 3.57. The molecule has 0 radical (unpaired) electrons. The zero-order valence-electron chi connectivity index (χ0n) is 11.4. The third-order valence-corrected chi connectivity index (χ3v) is 5.71. The number of sulfone groups is 1. The molecule has 1 heterocycles. The van der Waals surface area contributed by atoms with E-state index in [9.17, 15) is 8.42 Å². The maximum Gasteiger partial charge on any atom is 0.179 e. The van der Waals surface area contributed by atoms with Crippen molar-refractivity contribution in [2.45, 2.75) is 38.6 Å². The Balaban J connectivity index is 2.69. The molecule has 0 spiro atoms. The summed E-state index contributed by atoms with van der Waals surface area (Å²) in [6.45, 7) is 8.82. The smallest absolute Gasteiger partial charge is 0.179 e. The van der Waals surface area contributed by atoms with Gasteiger partial charge in [-0.3, -0.25) is 0 Å². The van der Waals surface area contributed by atoms with Gasteiger partial charge in [0.05, 0.1) is 10.6 Å². The highest BCUT2D eigenvalue weighted by Crippen LogP contribution is 2.38. The first-order chi connectivity index (χ1) is 8.36. The molecule has 1 aromatic rings. The highest BCUT2D eigenvalue weighted by molar-refractivity contribution is 7.91. The van der Waals surface area contributed by atoms with Gasteiger partial charge in [-0.1, -0.05) is 31.5 Å². The van der Waals surface area contributed by atoms with Gasteiger partial charge in [0.2, 0.25) is 0 Å². The normalized spacial score (nSPS) is 25.8. The van der Waals surface area contributed by atoms with Crippen molar-refractivity contribution in [2.75, 3.05) is 12.3 Å². The van der Waals surface area contributed by atoms with E-state index in [-0.39, 0.29) is 17.7 Å². The van der Waals surface area contributed by atoms with E-state index in [0.717, 1.165) is 23.2 Å². The van der Waals surface area contributed by atoms with Crippen molar-refractivity contribution in [3.8, 4) is 0 Å². The number of benzene rings is 1. The molecule has 0 saturated heterocycles. The standard InChI is InChI=1S/C14H21NO2S/c1-5-15-13-11(4)8-18(16,17)14-10(3)6-9(2)7-12(13)14/h6-7,11,13,15H,5,8H2,1-4H3. The second kappa shape index (κ2) is 4.67. The number of hydrogen-bond donors (Lipinski definition) is 1. The summed E-state index contributed by atoms with van der Waals surface area (Å²) in [5, 5.41) is 3.42. The summed E-state index contributed by atoms with van der Waals surface area (Å²) in [4.78, 5) is 0.553. The maximum absolute atomic E-state index is 12.3. The highest BCUT2D eigenvalue weighted by Gasteiger charge is 2.36. The van der Waals surface area contributed by atoms with Crippen molar-refractivity contribution in [1.29, 1.82) is 0 Å². The zero-order valence-corrected chi connectivity index (χ0v) is 12.3. The van der Waals surface area contributed by atoms with Crippen LogP contribution in [0.3, 0.4) is 0 Å². The average molecular weight is 267 g/mol. The summed E-state index contributed by atoms with van der Waals surface area (Å²) in [5.74, 6) is 0.352. The first-order valence-corrected chi connectivity index (χ1v) is 8.09. The van der Waals surface area contributed by atoms with Gasteiger partial charge in [-0.15, -0.1) is 0 Å². The summed E-state index contributed by atoms with van der Waals surface area (Å²) in [7, 11) is -3.13. The number of hydrogen-bond acceptors (Lipinski definition) is 3. The molecule has 1 aromatic carbocycles. The monoisotopic (exact) mass is 267 g/mol. The first kappa shape index (κ1) is 13.6. The predicted octanol–water partition coefficient (Wildman–Crippen LogP) is 2.38. The van der Waals surface area contributed by atoms with E-state index in [1.165, 1.54) is 0 Å². The second-order valence-electron chi connectivity index (χ2n) is 5.29. The molecule has 1 N–H and O–H groups in total. The molecule has 100 valence electrons. The van der Waals surface area contributed by atoms with Gasteiger partial charge in [0, 0.05) is 6.04 Å². The molecule has 2 unspecified atom stereocenters. The van der Waals surface area contributed by atoms with Gasteiger partial charge in [0.1, 0.15) is 0 Å². The van der Waals surface area contributed by atoms with Gasteiger partial charge >= 0.3 is 0 Å². The molecule has 2 rings (SSSR count). The second-order valence-corrected chi connectivity index (χ2v) is 7.27. The number of nitrogens with one attached hydrogen (secondary N) is 1. The molecule has 1 aliphatic heterocycles. The minimum absolute atomic E-state index is 0.114. The quantitative estimate of drug-likeness (QED) is 0.895. The van der Waals surface area contributed by atoms with E-state index in [4.69, 9.17) is 0 Å². The predicted molar refractivity (Wildman–Crippen MR) is 73.6 cm³/mol. The van der Waals surface area contributed by atoms with Crippen LogP contribution in [-0.4, -0.2) is 20.7 Å². The molecular weight excluding hydrogens is 246 g/mol. The summed E-state index contributed by atoms with van der Waals surface area (Å²) in [5.41, 5.74) is 2.95. The topological polar surface area (TPSA) is 46.2 Å². The minimum atomic E-state index is -3.13. The molecule has 0 saturated carbocycles. The van der Waals surface area contributed by atoms with Gasteiger partial charge in [0.25, 0.3) is 0 Å². The summed E-state index contributed by atoms with van der Waals surface area (Å²) in [6.07, 6.45) is 0. The van der Waals surface area contributed by atoms with Crippen molar-refractivity contribution in [2.24, 2.45) is 5.92 Å². The number of aryl methyl sites for hydroxylation is 2. The Kier molecular flexibility index (Phi) is 3.52. The molecule has 4 heteroatoms. The van der Waals surface area contributed by atoms with Crippen molar-refractivity contribution in [3.05, 3.63) is 28.8 Å². The summed E-state index contributed by atoms with van der Waals surface area (Å²) < 4.78 is 24.7. The van der Waals surface area contributed by atoms with Crippen LogP contribution in [0.25, 0.3) is 0 Å². The maximum atomic E-state index is 12.3. The lowest BCUT2D eigenvalue weighted by atomic mass is 9.92. The largest absolute Gasteiger partial charge is 0.310 e. The van der Waals surface area contributed by atoms with Crippen LogP contribution in [0.15, 0.2) is 17.0 Å². The fourth-order valence-electron chi connectivity index (χ4n) is 3.01. The minimum Gasteiger partial charge on any atom is -0.310 e. The van der Waals surface area contributed by atoms with Crippen LogP contribution in [0.5, 0.6) is 0 Å². The van der Waals surface area contributed by atoms with Crippen molar-refractivity contribution in [1.82, 2.24) is 5.32 Å². The van der Waals surface area contributed by atoms with Gasteiger partial charge in [-0.05, 0) is 37.4 Å². The Morgan fingerprint density at radius 3 is 2.61 bits per heavy atom. The molecule has 0 fully saturated rings. The number of rotatable bonds is 2. The Hall–Kier alpha value is -0.870. The molecule has 2 atom stereocenters. The van der Waals surface area contributed by atoms with Crippen LogP contribution in [0, 0.1) is 19.8 Å². The molecule has 18 heavy (non-hydrogen) atoms. The zero-order chi connectivity index (χ0) is 13.5. The van der Waals surface area contributed by atoms with Crippen molar-refractivity contribution >= 4 is 9.84 Å². The van der Waals surface area contributed by atoms with Gasteiger partial charge in [-0.25, -0.2) is 8.42 Å². The highest BCUT2D eigenvalue weighted by atomic mass is 32.2. The molecule has 0 aromatic heterocycles. The SMILES string of the molecule is CCNC1c2cc(C)cc(C)c2S(=O)(=O)CC1C. The van der Waals surface area contributed by atoms with E-state index in [0.29, 0.717) is 4.90 Å². The Bertz CT molecular complexity index is 563. The van der Waals surface area contributed by atoms with E-state index in [1.807, 2.05) is 32.9 Å². The third kappa shape index (κ3) is 2.19. The number of fused-ring (bicyclic) bond motifs is 1. The van der Waals surface area contributed by atoms with E-state index in [2.05, 4.69) is 12.2 Å². The van der Waals surface area contributed by atoms with Crippen LogP contribution in [-0.2, 0) is 9.84 Å². The van der Waals surface area contributed by atoms with Crippen LogP contribution < -0.4 is 5.32 Å². The van der Waals surface area contributed by atoms with Crippen LogP contribution in [0.4, 0.5) is 0 Å². The van der Waals surface area contributed by atoms with Crippen LogP contribution in [0.2, 0.25) is 0 Å². The molecule has 0 aliphatic carbocycles. The fraction of sp³-hybridized carbons (Fsp3) is 0.571. The fourth-order valence-corrected chi connectivity index (χ4v) is 5.15. The molecule has 0 bridgehead atoms. The Morgan fingerprint density at radius 2 is 2.00 bits per heavy atom. The van der Waals surface area contributed by atoms with Crippen molar-refractivity contribution in [3.63, 3.8) is 0 Å². The van der Waals surface area contributed by atoms with Crippen LogP contribution >= 0.6 is 0 Å². The summed E-state index contributed by atoms with van der Waals surface area (Å²) in [6, 6.07) is 4.12. The average Bonchev–Trinajstić information content (AvgIpc) is 2.21. The lowest BCUT2D eigenvalue weighted by Crippen LogP contribution is -2.36. The van der Waals surface area contributed by atoms with Gasteiger partial charge in [-0.2, -0.15) is 0 Å². The Morgan fingerprint density at radius 1 is 1.33 bits per heavy atom. The van der Waals surface area contributed by atoms with Crippen molar-refractivity contribution < 1.29 is 8.42 Å². The van der Waals surface area contributed by atoms with E-state index >= 15 is 0 Å². The lowest BCUT2D eigenvalue weighted by Gasteiger charge is -2.33. The summed E-state index contributed by atoms with van der Waals surface area (Å²) >= 11 is 0.